The van der Waals surface area contributed by atoms with Gasteiger partial charge >= 0.3 is 0 Å². The summed E-state index contributed by atoms with van der Waals surface area (Å²) in [5.41, 5.74) is 2.62. The van der Waals surface area contributed by atoms with Crippen molar-refractivity contribution in [2.45, 2.75) is 38.8 Å². The summed E-state index contributed by atoms with van der Waals surface area (Å²) in [7, 11) is 0. The lowest BCUT2D eigenvalue weighted by molar-refractivity contribution is -0.0774. The van der Waals surface area contributed by atoms with Gasteiger partial charge in [-0.3, -0.25) is 14.8 Å². The van der Waals surface area contributed by atoms with E-state index in [0.717, 1.165) is 32.8 Å². The summed E-state index contributed by atoms with van der Waals surface area (Å²) < 4.78 is 5.29. The smallest absolute Gasteiger partial charge is 0.0645 e. The highest BCUT2D eigenvalue weighted by atomic mass is 16.5. The molecule has 0 saturated carbocycles. The van der Waals surface area contributed by atoms with Crippen LogP contribution < -0.4 is 0 Å². The van der Waals surface area contributed by atoms with Gasteiger partial charge < -0.3 is 4.74 Å². The van der Waals surface area contributed by atoms with Crippen LogP contribution in [-0.2, 0) is 16.7 Å². The van der Waals surface area contributed by atoms with Crippen molar-refractivity contribution in [2.75, 3.05) is 39.4 Å². The molecular weight excluding hydrogens is 262 g/mol. The molecule has 0 bridgehead atoms. The molecule has 21 heavy (non-hydrogen) atoms. The normalized spacial score (nSPS) is 22.2. The minimum absolute atomic E-state index is 0.134. The van der Waals surface area contributed by atoms with Crippen LogP contribution in [0, 0.1) is 0 Å². The molecule has 2 fully saturated rings. The molecule has 3 rings (SSSR count). The minimum Gasteiger partial charge on any atom is -0.378 e. The fourth-order valence-corrected chi connectivity index (χ4v) is 2.94. The fraction of sp³-hybridized carbons (Fsp3) is 0.706. The molecule has 0 aromatic carbocycles. The van der Waals surface area contributed by atoms with Gasteiger partial charge in [-0.1, -0.05) is 26.8 Å². The molecule has 2 aliphatic rings. The zero-order valence-electron chi connectivity index (χ0n) is 13.5. The lowest BCUT2D eigenvalue weighted by Gasteiger charge is -2.42. The van der Waals surface area contributed by atoms with Crippen molar-refractivity contribution >= 4 is 0 Å². The van der Waals surface area contributed by atoms with Crippen LogP contribution in [0.1, 0.15) is 32.0 Å². The molecule has 0 unspecified atom stereocenters. The van der Waals surface area contributed by atoms with Crippen LogP contribution in [0.25, 0.3) is 0 Å². The predicted molar refractivity (Wildman–Crippen MR) is 84.4 cm³/mol. The second kappa shape index (κ2) is 6.03. The first kappa shape index (κ1) is 14.9. The van der Waals surface area contributed by atoms with E-state index in [1.165, 1.54) is 24.3 Å². The quantitative estimate of drug-likeness (QED) is 0.850. The van der Waals surface area contributed by atoms with Crippen LogP contribution in [0.2, 0.25) is 0 Å². The van der Waals surface area contributed by atoms with Gasteiger partial charge in [0.15, 0.2) is 0 Å². The van der Waals surface area contributed by atoms with E-state index >= 15 is 0 Å². The Hall–Kier alpha value is -0.970. The first-order valence-electron chi connectivity index (χ1n) is 8.02. The number of rotatable bonds is 3. The van der Waals surface area contributed by atoms with Crippen molar-refractivity contribution in [1.29, 1.82) is 0 Å². The number of ether oxygens (including phenoxy) is 1. The summed E-state index contributed by atoms with van der Waals surface area (Å²) in [6, 6.07) is 5.09. The average Bonchev–Trinajstić information content (AvgIpc) is 2.39. The largest absolute Gasteiger partial charge is 0.378 e. The number of piperazine rings is 1. The van der Waals surface area contributed by atoms with E-state index in [1.807, 2.05) is 6.20 Å². The Morgan fingerprint density at radius 3 is 2.33 bits per heavy atom. The SMILES string of the molecule is CC(C)(C)c1ccc(CN2CCN(C3COC3)CC2)cn1. The topological polar surface area (TPSA) is 28.6 Å². The first-order chi connectivity index (χ1) is 10.0. The third kappa shape index (κ3) is 3.62. The monoisotopic (exact) mass is 289 g/mol. The number of nitrogens with zero attached hydrogens (tertiary/aromatic N) is 3. The molecule has 116 valence electrons. The molecule has 0 aliphatic carbocycles. The average molecular weight is 289 g/mol. The molecule has 2 saturated heterocycles. The fourth-order valence-electron chi connectivity index (χ4n) is 2.94. The maximum atomic E-state index is 5.29. The van der Waals surface area contributed by atoms with Crippen molar-refractivity contribution in [3.63, 3.8) is 0 Å². The third-order valence-electron chi connectivity index (χ3n) is 4.54. The van der Waals surface area contributed by atoms with Crippen molar-refractivity contribution in [1.82, 2.24) is 14.8 Å². The van der Waals surface area contributed by atoms with Crippen LogP contribution in [0.4, 0.5) is 0 Å². The lowest BCUT2D eigenvalue weighted by atomic mass is 9.91. The Morgan fingerprint density at radius 2 is 1.86 bits per heavy atom. The van der Waals surface area contributed by atoms with Gasteiger partial charge in [0.2, 0.25) is 0 Å². The molecule has 0 spiro atoms. The van der Waals surface area contributed by atoms with Gasteiger partial charge in [-0.2, -0.15) is 0 Å². The summed E-state index contributed by atoms with van der Waals surface area (Å²) in [5, 5.41) is 0. The van der Waals surface area contributed by atoms with E-state index < -0.39 is 0 Å². The Bertz CT molecular complexity index is 454. The zero-order chi connectivity index (χ0) is 14.9. The molecule has 0 N–H and O–H groups in total. The highest BCUT2D eigenvalue weighted by Gasteiger charge is 2.28. The highest BCUT2D eigenvalue weighted by Crippen LogP contribution is 2.20. The van der Waals surface area contributed by atoms with Gasteiger partial charge in [-0.05, 0) is 11.6 Å². The third-order valence-corrected chi connectivity index (χ3v) is 4.54. The molecule has 0 atom stereocenters. The summed E-state index contributed by atoms with van der Waals surface area (Å²) >= 11 is 0. The summed E-state index contributed by atoms with van der Waals surface area (Å²) in [6.45, 7) is 14.1. The van der Waals surface area contributed by atoms with Crippen molar-refractivity contribution < 1.29 is 4.74 Å². The molecule has 2 aliphatic heterocycles. The van der Waals surface area contributed by atoms with E-state index in [-0.39, 0.29) is 5.41 Å². The highest BCUT2D eigenvalue weighted by molar-refractivity contribution is 5.19. The molecule has 1 aromatic heterocycles. The number of pyridine rings is 1. The number of aromatic nitrogens is 1. The Labute approximate surface area is 128 Å². The Morgan fingerprint density at radius 1 is 1.14 bits per heavy atom. The van der Waals surface area contributed by atoms with E-state index in [2.05, 4.69) is 47.7 Å². The molecule has 1 aromatic rings. The maximum Gasteiger partial charge on any atom is 0.0645 e. The van der Waals surface area contributed by atoms with Crippen LogP contribution in [0.3, 0.4) is 0 Å². The van der Waals surface area contributed by atoms with Crippen molar-refractivity contribution in [3.05, 3.63) is 29.6 Å². The summed E-state index contributed by atoms with van der Waals surface area (Å²) in [5.74, 6) is 0. The Kier molecular flexibility index (Phi) is 4.29. The van der Waals surface area contributed by atoms with Gasteiger partial charge in [-0.15, -0.1) is 0 Å². The van der Waals surface area contributed by atoms with Crippen LogP contribution in [0.15, 0.2) is 18.3 Å². The van der Waals surface area contributed by atoms with Gasteiger partial charge in [0.1, 0.15) is 0 Å². The molecular formula is C17H27N3O. The van der Waals surface area contributed by atoms with Gasteiger partial charge in [-0.25, -0.2) is 0 Å². The van der Waals surface area contributed by atoms with E-state index in [9.17, 15) is 0 Å². The molecule has 0 amide bonds. The minimum atomic E-state index is 0.134. The summed E-state index contributed by atoms with van der Waals surface area (Å²) in [6.07, 6.45) is 2.05. The number of hydrogen-bond donors (Lipinski definition) is 0. The molecule has 0 radical (unpaired) electrons. The van der Waals surface area contributed by atoms with Crippen LogP contribution in [0.5, 0.6) is 0 Å². The molecule has 3 heterocycles. The van der Waals surface area contributed by atoms with Gasteiger partial charge in [0.05, 0.1) is 19.3 Å². The van der Waals surface area contributed by atoms with E-state index in [0.29, 0.717) is 6.04 Å². The molecule has 4 heteroatoms. The van der Waals surface area contributed by atoms with Crippen LogP contribution >= 0.6 is 0 Å². The number of hydrogen-bond acceptors (Lipinski definition) is 4. The van der Waals surface area contributed by atoms with E-state index in [4.69, 9.17) is 4.74 Å². The van der Waals surface area contributed by atoms with E-state index in [1.54, 1.807) is 0 Å². The Balaban J connectivity index is 1.51. The maximum absolute atomic E-state index is 5.29. The first-order valence-corrected chi connectivity index (χ1v) is 8.02. The van der Waals surface area contributed by atoms with Crippen LogP contribution in [-0.4, -0.2) is 60.2 Å². The van der Waals surface area contributed by atoms with Crippen molar-refractivity contribution in [3.8, 4) is 0 Å². The second-order valence-corrected chi connectivity index (χ2v) is 7.31. The van der Waals surface area contributed by atoms with Gasteiger partial charge in [0, 0.05) is 50.0 Å². The predicted octanol–water partition coefficient (Wildman–Crippen LogP) is 1.90. The van der Waals surface area contributed by atoms with Gasteiger partial charge in [0.25, 0.3) is 0 Å². The standard InChI is InChI=1S/C17H27N3O/c1-17(2,3)16-5-4-14(10-18-16)11-19-6-8-20(9-7-19)15-12-21-13-15/h4-5,10,15H,6-9,11-13H2,1-3H3. The second-order valence-electron chi connectivity index (χ2n) is 7.31. The van der Waals surface area contributed by atoms with Crippen molar-refractivity contribution in [2.24, 2.45) is 0 Å². The lowest BCUT2D eigenvalue weighted by Crippen LogP contribution is -2.56. The zero-order valence-corrected chi connectivity index (χ0v) is 13.5. The molecule has 4 nitrogen and oxygen atoms in total. The summed E-state index contributed by atoms with van der Waals surface area (Å²) in [4.78, 5) is 9.73.